The number of halogens is 2. The highest BCUT2D eigenvalue weighted by atomic mass is 35.5. The molecular weight excluding hydrogens is 625 g/mol. The molecule has 11 heteroatoms. The topological polar surface area (TPSA) is 92.6 Å². The first-order valence-electron chi connectivity index (χ1n) is 13.7. The van der Waals surface area contributed by atoms with Crippen LogP contribution in [0, 0.1) is 0 Å². The monoisotopic (exact) mass is 651 g/mol. The molecule has 2 aliphatic rings. The van der Waals surface area contributed by atoms with Gasteiger partial charge in [0.25, 0.3) is 5.78 Å². The number of aliphatic hydroxyl groups is 1. The number of ether oxygens (including phenoxy) is 1. The van der Waals surface area contributed by atoms with Gasteiger partial charge in [-0.1, -0.05) is 90.5 Å². The van der Waals surface area contributed by atoms with Crippen LogP contribution >= 0.6 is 46.3 Å². The van der Waals surface area contributed by atoms with E-state index >= 15 is 0 Å². The predicted molar refractivity (Wildman–Crippen MR) is 171 cm³/mol. The highest BCUT2D eigenvalue weighted by molar-refractivity contribution is 8.00. The van der Waals surface area contributed by atoms with E-state index in [1.54, 1.807) is 24.3 Å². The van der Waals surface area contributed by atoms with E-state index in [0.717, 1.165) is 22.4 Å². The van der Waals surface area contributed by atoms with E-state index in [0.29, 0.717) is 43.6 Å². The molecule has 2 unspecified atom stereocenters. The molecule has 43 heavy (non-hydrogen) atoms. The minimum Gasteiger partial charge on any atom is -0.507 e. The van der Waals surface area contributed by atoms with Gasteiger partial charge in [-0.25, -0.2) is 0 Å². The van der Waals surface area contributed by atoms with Gasteiger partial charge in [0.2, 0.25) is 5.13 Å². The van der Waals surface area contributed by atoms with Crippen LogP contribution in [-0.2, 0) is 21.8 Å². The van der Waals surface area contributed by atoms with Crippen LogP contribution in [0.5, 0.6) is 5.75 Å². The maximum absolute atomic E-state index is 13.6. The number of hydrogen-bond acceptors (Lipinski definition) is 8. The lowest BCUT2D eigenvalue weighted by molar-refractivity contribution is -0.132. The molecule has 220 valence electrons. The third-order valence-electron chi connectivity index (χ3n) is 7.50. The quantitative estimate of drug-likeness (QED) is 0.0707. The first-order chi connectivity index (χ1) is 20.6. The van der Waals surface area contributed by atoms with Gasteiger partial charge in [-0.05, 0) is 65.4 Å². The molecule has 3 heterocycles. The Labute approximate surface area is 267 Å². The Bertz CT molecular complexity index is 1770. The molecule has 0 bridgehead atoms. The molecule has 0 radical (unpaired) electrons. The normalized spacial score (nSPS) is 19.3. The molecule has 1 aromatic heterocycles. The Morgan fingerprint density at radius 1 is 1.09 bits per heavy atom. The van der Waals surface area contributed by atoms with Gasteiger partial charge in [0, 0.05) is 27.8 Å². The Morgan fingerprint density at radius 3 is 2.58 bits per heavy atom. The average molecular weight is 653 g/mol. The van der Waals surface area contributed by atoms with Gasteiger partial charge in [-0.3, -0.25) is 14.5 Å². The van der Waals surface area contributed by atoms with Crippen molar-refractivity contribution in [2.75, 3.05) is 4.90 Å². The largest absolute Gasteiger partial charge is 0.507 e. The SMILES string of the molecule is CC1Cc2cc(/C(O)=C3\C(=O)C(=O)N(c4nnc(SCc5ccc(Cl)cc5Cl)s4)C3c3ccc(C(C)C)cc3)ccc2O1. The number of carbonyl (C=O) groups excluding carboxylic acids is 2. The summed E-state index contributed by atoms with van der Waals surface area (Å²) in [6.07, 6.45) is 0.717. The van der Waals surface area contributed by atoms with Gasteiger partial charge in [0.1, 0.15) is 17.6 Å². The third-order valence-corrected chi connectivity index (χ3v) is 10.2. The van der Waals surface area contributed by atoms with E-state index in [1.165, 1.54) is 28.0 Å². The van der Waals surface area contributed by atoms with Crippen molar-refractivity contribution in [3.05, 3.63) is 104 Å². The minimum atomic E-state index is -0.888. The molecule has 0 aliphatic carbocycles. The number of benzene rings is 3. The van der Waals surface area contributed by atoms with Gasteiger partial charge >= 0.3 is 5.91 Å². The second-order valence-electron chi connectivity index (χ2n) is 10.8. The van der Waals surface area contributed by atoms with Crippen molar-refractivity contribution in [3.63, 3.8) is 0 Å². The van der Waals surface area contributed by atoms with Crippen LogP contribution in [0.3, 0.4) is 0 Å². The number of hydrogen-bond donors (Lipinski definition) is 1. The van der Waals surface area contributed by atoms with Crippen LogP contribution < -0.4 is 9.64 Å². The number of rotatable bonds is 7. The molecular formula is C32H27Cl2N3O4S2. The minimum absolute atomic E-state index is 0.00607. The van der Waals surface area contributed by atoms with Gasteiger partial charge in [-0.15, -0.1) is 10.2 Å². The lowest BCUT2D eigenvalue weighted by atomic mass is 9.93. The summed E-state index contributed by atoms with van der Waals surface area (Å²) in [5.41, 5.74) is 4.07. The number of nitrogens with zero attached hydrogens (tertiary/aromatic N) is 3. The molecule has 2 atom stereocenters. The number of aromatic nitrogens is 2. The van der Waals surface area contributed by atoms with Gasteiger partial charge in [0.15, 0.2) is 4.34 Å². The summed E-state index contributed by atoms with van der Waals surface area (Å²) in [5.74, 6) is -0.219. The summed E-state index contributed by atoms with van der Waals surface area (Å²) >= 11 is 15.0. The summed E-state index contributed by atoms with van der Waals surface area (Å²) < 4.78 is 6.41. The molecule has 1 saturated heterocycles. The number of amides is 1. The Hall–Kier alpha value is -3.37. The summed E-state index contributed by atoms with van der Waals surface area (Å²) in [4.78, 5) is 28.6. The van der Waals surface area contributed by atoms with Crippen LogP contribution in [-0.4, -0.2) is 33.1 Å². The van der Waals surface area contributed by atoms with Crippen molar-refractivity contribution in [1.29, 1.82) is 0 Å². The lowest BCUT2D eigenvalue weighted by Gasteiger charge is -2.23. The van der Waals surface area contributed by atoms with E-state index in [2.05, 4.69) is 24.0 Å². The van der Waals surface area contributed by atoms with Crippen molar-refractivity contribution in [3.8, 4) is 5.75 Å². The molecule has 3 aromatic carbocycles. The summed E-state index contributed by atoms with van der Waals surface area (Å²) in [6.45, 7) is 6.17. The van der Waals surface area contributed by atoms with Crippen LogP contribution in [0.4, 0.5) is 5.13 Å². The van der Waals surface area contributed by atoms with Crippen molar-refractivity contribution < 1.29 is 19.4 Å². The van der Waals surface area contributed by atoms with Gasteiger partial charge in [-0.2, -0.15) is 0 Å². The van der Waals surface area contributed by atoms with Gasteiger partial charge in [0.05, 0.1) is 11.6 Å². The zero-order valence-electron chi connectivity index (χ0n) is 23.5. The number of anilines is 1. The first-order valence-corrected chi connectivity index (χ1v) is 16.3. The smallest absolute Gasteiger partial charge is 0.301 e. The summed E-state index contributed by atoms with van der Waals surface area (Å²) in [5, 5.41) is 21.5. The molecule has 1 amide bonds. The number of thioether (sulfide) groups is 1. The van der Waals surface area contributed by atoms with Crippen molar-refractivity contribution in [2.24, 2.45) is 0 Å². The van der Waals surface area contributed by atoms with E-state index in [-0.39, 0.29) is 22.6 Å². The van der Waals surface area contributed by atoms with E-state index in [9.17, 15) is 14.7 Å². The molecule has 0 spiro atoms. The number of fused-ring (bicyclic) bond motifs is 1. The molecule has 6 rings (SSSR count). The fourth-order valence-electron chi connectivity index (χ4n) is 5.27. The molecule has 1 fully saturated rings. The fourth-order valence-corrected chi connectivity index (χ4v) is 7.70. The third kappa shape index (κ3) is 5.79. The van der Waals surface area contributed by atoms with Crippen LogP contribution in [0.15, 0.2) is 70.6 Å². The standard InChI is InChI=1S/C32H27Cl2N3O4S2/c1-16(2)18-4-6-19(7-5-18)27-26(28(38)20-9-11-25-22(13-20)12-17(3)41-25)29(39)30(40)37(27)31-35-36-32(43-31)42-15-21-8-10-23(33)14-24(21)34/h4-11,13-14,16-17,27,38H,12,15H2,1-3H3/b28-26+. The molecule has 0 saturated carbocycles. The summed E-state index contributed by atoms with van der Waals surface area (Å²) in [6, 6.07) is 17.5. The zero-order chi connectivity index (χ0) is 30.4. The highest BCUT2D eigenvalue weighted by Gasteiger charge is 2.48. The number of Topliss-reactive ketones (excluding diaryl/α,β-unsaturated/α-hetero) is 1. The van der Waals surface area contributed by atoms with Crippen molar-refractivity contribution in [2.45, 2.75) is 55.3 Å². The highest BCUT2D eigenvalue weighted by Crippen LogP contribution is 2.45. The predicted octanol–water partition coefficient (Wildman–Crippen LogP) is 8.21. The molecule has 7 nitrogen and oxygen atoms in total. The summed E-state index contributed by atoms with van der Waals surface area (Å²) in [7, 11) is 0. The zero-order valence-corrected chi connectivity index (χ0v) is 26.7. The van der Waals surface area contributed by atoms with Crippen LogP contribution in [0.1, 0.15) is 60.5 Å². The van der Waals surface area contributed by atoms with Crippen LogP contribution in [0.25, 0.3) is 5.76 Å². The maximum atomic E-state index is 13.6. The van der Waals surface area contributed by atoms with Crippen molar-refractivity contribution >= 4 is 68.9 Å². The molecule has 2 aliphatic heterocycles. The molecule has 1 N–H and O–H groups in total. The fraction of sp³-hybridized carbons (Fsp3) is 0.250. The molecule has 4 aromatic rings. The number of aliphatic hydroxyl groups excluding tert-OH is 1. The first kappa shape index (κ1) is 29.7. The Balaban J connectivity index is 1.38. The number of carbonyl (C=O) groups is 2. The van der Waals surface area contributed by atoms with E-state index < -0.39 is 17.7 Å². The van der Waals surface area contributed by atoms with Gasteiger partial charge < -0.3 is 9.84 Å². The second kappa shape index (κ2) is 12.0. The van der Waals surface area contributed by atoms with E-state index in [4.69, 9.17) is 27.9 Å². The maximum Gasteiger partial charge on any atom is 0.301 e. The van der Waals surface area contributed by atoms with Crippen molar-refractivity contribution in [1.82, 2.24) is 10.2 Å². The second-order valence-corrected chi connectivity index (χ2v) is 13.8. The number of ketones is 1. The lowest BCUT2D eigenvalue weighted by Crippen LogP contribution is -2.29. The van der Waals surface area contributed by atoms with E-state index in [1.807, 2.05) is 43.3 Å². The average Bonchev–Trinajstić information content (AvgIpc) is 3.67. The Morgan fingerprint density at radius 2 is 1.86 bits per heavy atom. The Kier molecular flexibility index (Phi) is 8.26. The van der Waals surface area contributed by atoms with Crippen LogP contribution in [0.2, 0.25) is 10.0 Å².